The largest absolute Gasteiger partial charge is 0.330 e. The molecule has 1 rings (SSSR count). The van der Waals surface area contributed by atoms with E-state index < -0.39 is 0 Å². The van der Waals surface area contributed by atoms with E-state index in [0.717, 1.165) is 19.5 Å². The molecule has 0 unspecified atom stereocenters. The minimum absolute atomic E-state index is 0.683. The number of nitrogens with one attached hydrogen (secondary N) is 1. The highest BCUT2D eigenvalue weighted by molar-refractivity contribution is 5.23. The van der Waals surface area contributed by atoms with Gasteiger partial charge in [-0.3, -0.25) is 0 Å². The van der Waals surface area contributed by atoms with Crippen molar-refractivity contribution >= 4 is 0 Å². The van der Waals surface area contributed by atoms with Crippen LogP contribution in [0, 0.1) is 0 Å². The predicted octanol–water partition coefficient (Wildman–Crippen LogP) is 0.236. The van der Waals surface area contributed by atoms with E-state index >= 15 is 0 Å². The average molecular weight is 193 g/mol. The van der Waals surface area contributed by atoms with Gasteiger partial charge >= 0.3 is 0 Å². The average Bonchev–Trinajstić information content (AvgIpc) is 2.19. The van der Waals surface area contributed by atoms with Gasteiger partial charge in [0, 0.05) is 19.6 Å². The van der Waals surface area contributed by atoms with E-state index in [1.807, 2.05) is 0 Å². The quantitative estimate of drug-likeness (QED) is 0.567. The maximum atomic E-state index is 5.50. The van der Waals surface area contributed by atoms with E-state index in [0.29, 0.717) is 13.1 Å². The zero-order chi connectivity index (χ0) is 10.2. The summed E-state index contributed by atoms with van der Waals surface area (Å²) in [6.07, 6.45) is 0.949. The zero-order valence-electron chi connectivity index (χ0n) is 8.50. The fraction of sp³-hybridized carbons (Fsp3) is 0.455. The van der Waals surface area contributed by atoms with Crippen LogP contribution in [0.5, 0.6) is 0 Å². The number of hydrogen-bond donors (Lipinski definition) is 3. The summed E-state index contributed by atoms with van der Waals surface area (Å²) in [5, 5.41) is 3.26. The lowest BCUT2D eigenvalue weighted by Crippen LogP contribution is -2.21. The lowest BCUT2D eigenvalue weighted by atomic mass is 10.1. The van der Waals surface area contributed by atoms with Gasteiger partial charge < -0.3 is 16.8 Å². The first-order chi connectivity index (χ1) is 6.86. The maximum Gasteiger partial charge on any atom is 0.0206 e. The van der Waals surface area contributed by atoms with Crippen molar-refractivity contribution in [2.24, 2.45) is 11.5 Å². The zero-order valence-corrected chi connectivity index (χ0v) is 8.50. The molecule has 0 heterocycles. The molecule has 14 heavy (non-hydrogen) atoms. The Morgan fingerprint density at radius 2 is 1.86 bits per heavy atom. The van der Waals surface area contributed by atoms with Crippen LogP contribution in [0.2, 0.25) is 0 Å². The Labute approximate surface area is 85.5 Å². The van der Waals surface area contributed by atoms with Gasteiger partial charge in [-0.05, 0) is 24.1 Å². The van der Waals surface area contributed by atoms with Gasteiger partial charge in [0.1, 0.15) is 0 Å². The smallest absolute Gasteiger partial charge is 0.0206 e. The number of hydrogen-bond acceptors (Lipinski definition) is 3. The number of benzene rings is 1. The molecule has 0 atom stereocenters. The van der Waals surface area contributed by atoms with Gasteiger partial charge in [0.15, 0.2) is 0 Å². The third-order valence-electron chi connectivity index (χ3n) is 2.07. The first-order valence-electron chi connectivity index (χ1n) is 5.05. The van der Waals surface area contributed by atoms with Crippen molar-refractivity contribution in [1.29, 1.82) is 0 Å². The highest BCUT2D eigenvalue weighted by Crippen LogP contribution is 2.05. The summed E-state index contributed by atoms with van der Waals surface area (Å²) in [5.41, 5.74) is 13.5. The number of rotatable bonds is 6. The second-order valence-electron chi connectivity index (χ2n) is 3.32. The summed E-state index contributed by atoms with van der Waals surface area (Å²) in [4.78, 5) is 0. The van der Waals surface area contributed by atoms with Gasteiger partial charge in [0.05, 0.1) is 0 Å². The molecule has 3 heteroatoms. The SMILES string of the molecule is NCCNCc1cccc(CCN)c1. The minimum Gasteiger partial charge on any atom is -0.330 e. The van der Waals surface area contributed by atoms with Gasteiger partial charge in [0.2, 0.25) is 0 Å². The summed E-state index contributed by atoms with van der Waals surface area (Å²) in [7, 11) is 0. The van der Waals surface area contributed by atoms with Crippen molar-refractivity contribution in [3.63, 3.8) is 0 Å². The van der Waals surface area contributed by atoms with E-state index in [-0.39, 0.29) is 0 Å². The van der Waals surface area contributed by atoms with Crippen molar-refractivity contribution in [2.45, 2.75) is 13.0 Å². The van der Waals surface area contributed by atoms with Crippen LogP contribution in [0.1, 0.15) is 11.1 Å². The molecule has 0 amide bonds. The molecular weight excluding hydrogens is 174 g/mol. The summed E-state index contributed by atoms with van der Waals surface area (Å²) < 4.78 is 0. The molecule has 0 aliphatic heterocycles. The van der Waals surface area contributed by atoms with Crippen LogP contribution in [-0.2, 0) is 13.0 Å². The molecule has 0 fully saturated rings. The Kier molecular flexibility index (Phi) is 5.22. The third kappa shape index (κ3) is 3.87. The Bertz CT molecular complexity index is 260. The molecule has 0 aromatic heterocycles. The molecule has 0 spiro atoms. The van der Waals surface area contributed by atoms with E-state index in [9.17, 15) is 0 Å². The summed E-state index contributed by atoms with van der Waals surface area (Å²) in [6.45, 7) is 3.14. The van der Waals surface area contributed by atoms with Crippen LogP contribution in [0.4, 0.5) is 0 Å². The van der Waals surface area contributed by atoms with Crippen molar-refractivity contribution in [1.82, 2.24) is 5.32 Å². The minimum atomic E-state index is 0.683. The van der Waals surface area contributed by atoms with Crippen LogP contribution < -0.4 is 16.8 Å². The standard InChI is InChI=1S/C11H19N3/c12-5-4-10-2-1-3-11(8-10)9-14-7-6-13/h1-3,8,14H,4-7,9,12-13H2. The normalized spacial score (nSPS) is 10.4. The summed E-state index contributed by atoms with van der Waals surface area (Å²) in [5.74, 6) is 0. The summed E-state index contributed by atoms with van der Waals surface area (Å²) in [6, 6.07) is 8.49. The Morgan fingerprint density at radius 1 is 1.07 bits per heavy atom. The van der Waals surface area contributed by atoms with Crippen molar-refractivity contribution in [3.8, 4) is 0 Å². The van der Waals surface area contributed by atoms with Crippen molar-refractivity contribution in [3.05, 3.63) is 35.4 Å². The predicted molar refractivity (Wildman–Crippen MR) is 60.0 cm³/mol. The molecule has 3 nitrogen and oxygen atoms in total. The van der Waals surface area contributed by atoms with Gasteiger partial charge in [-0.15, -0.1) is 0 Å². The Balaban J connectivity index is 2.46. The first-order valence-corrected chi connectivity index (χ1v) is 5.05. The molecule has 5 N–H and O–H groups in total. The van der Waals surface area contributed by atoms with Crippen molar-refractivity contribution in [2.75, 3.05) is 19.6 Å². The van der Waals surface area contributed by atoms with E-state index in [2.05, 4.69) is 29.6 Å². The van der Waals surface area contributed by atoms with Gasteiger partial charge in [-0.25, -0.2) is 0 Å². The van der Waals surface area contributed by atoms with Crippen LogP contribution in [0.25, 0.3) is 0 Å². The molecule has 0 saturated carbocycles. The highest BCUT2D eigenvalue weighted by Gasteiger charge is 1.94. The Hall–Kier alpha value is -0.900. The van der Waals surface area contributed by atoms with Gasteiger partial charge in [0.25, 0.3) is 0 Å². The molecular formula is C11H19N3. The van der Waals surface area contributed by atoms with Crippen LogP contribution in [0.3, 0.4) is 0 Å². The molecule has 0 radical (unpaired) electrons. The summed E-state index contributed by atoms with van der Waals surface area (Å²) >= 11 is 0. The van der Waals surface area contributed by atoms with E-state index in [1.165, 1.54) is 11.1 Å². The lowest BCUT2D eigenvalue weighted by molar-refractivity contribution is 0.694. The monoisotopic (exact) mass is 193 g/mol. The van der Waals surface area contributed by atoms with Crippen LogP contribution in [0.15, 0.2) is 24.3 Å². The van der Waals surface area contributed by atoms with Gasteiger partial charge in [-0.2, -0.15) is 0 Å². The van der Waals surface area contributed by atoms with Gasteiger partial charge in [-0.1, -0.05) is 24.3 Å². The number of nitrogens with two attached hydrogens (primary N) is 2. The molecule has 0 saturated heterocycles. The highest BCUT2D eigenvalue weighted by atomic mass is 14.9. The molecule has 0 aliphatic carbocycles. The lowest BCUT2D eigenvalue weighted by Gasteiger charge is -2.05. The van der Waals surface area contributed by atoms with E-state index in [4.69, 9.17) is 11.5 Å². The Morgan fingerprint density at radius 3 is 2.57 bits per heavy atom. The second kappa shape index (κ2) is 6.54. The molecule has 0 aliphatic rings. The first kappa shape index (κ1) is 11.2. The fourth-order valence-corrected chi connectivity index (χ4v) is 1.40. The van der Waals surface area contributed by atoms with E-state index in [1.54, 1.807) is 0 Å². The molecule has 0 bridgehead atoms. The fourth-order valence-electron chi connectivity index (χ4n) is 1.40. The topological polar surface area (TPSA) is 64.1 Å². The second-order valence-corrected chi connectivity index (χ2v) is 3.32. The molecule has 1 aromatic rings. The van der Waals surface area contributed by atoms with Crippen molar-refractivity contribution < 1.29 is 0 Å². The van der Waals surface area contributed by atoms with Crippen LogP contribution in [-0.4, -0.2) is 19.6 Å². The maximum absolute atomic E-state index is 5.50. The third-order valence-corrected chi connectivity index (χ3v) is 2.07. The molecule has 1 aromatic carbocycles. The van der Waals surface area contributed by atoms with Crippen LogP contribution >= 0.6 is 0 Å². The molecule has 78 valence electrons.